The largest absolute Gasteiger partial charge is 0.497 e. The zero-order valence-corrected chi connectivity index (χ0v) is 19.3. The van der Waals surface area contributed by atoms with Gasteiger partial charge in [-0.05, 0) is 42.5 Å². The van der Waals surface area contributed by atoms with E-state index >= 15 is 0 Å². The molecule has 4 rings (SSSR count). The number of methoxy groups -OCH3 is 2. The maximum absolute atomic E-state index is 12.7. The number of aromatic amines is 1. The second-order valence-electron chi connectivity index (χ2n) is 7.51. The molecule has 2 aromatic carbocycles. The second-order valence-corrected chi connectivity index (χ2v) is 7.94. The molecule has 0 bridgehead atoms. The number of benzene rings is 2. The maximum atomic E-state index is 12.7. The van der Waals surface area contributed by atoms with Gasteiger partial charge in [0.15, 0.2) is 0 Å². The Labute approximate surface area is 198 Å². The van der Waals surface area contributed by atoms with Crippen LogP contribution in [0.5, 0.6) is 17.4 Å². The first kappa shape index (κ1) is 23.1. The molecule has 1 atom stereocenters. The Hall–Kier alpha value is -4.05. The summed E-state index contributed by atoms with van der Waals surface area (Å²) in [5.74, 6) is 0.0610. The second kappa shape index (κ2) is 9.06. The minimum Gasteiger partial charge on any atom is -0.497 e. The molecule has 1 aliphatic heterocycles. The molecule has 10 nitrogen and oxygen atoms in total. The number of amides is 1. The highest BCUT2D eigenvalue weighted by Crippen LogP contribution is 2.39. The number of carbonyl (C=O) groups excluding carboxylic acids is 1. The van der Waals surface area contributed by atoms with E-state index < -0.39 is 23.2 Å². The summed E-state index contributed by atoms with van der Waals surface area (Å²) >= 11 is 5.92. The lowest BCUT2D eigenvalue weighted by Crippen LogP contribution is -2.33. The molecule has 0 radical (unpaired) electrons. The van der Waals surface area contributed by atoms with E-state index in [0.29, 0.717) is 22.1 Å². The Bertz CT molecular complexity index is 1410. The van der Waals surface area contributed by atoms with Crippen LogP contribution in [0, 0.1) is 0 Å². The molecule has 3 aromatic rings. The third-order valence-corrected chi connectivity index (χ3v) is 5.74. The molecule has 0 saturated heterocycles. The minimum absolute atomic E-state index is 0.0819. The number of halogens is 1. The molecule has 1 aromatic heterocycles. The number of aromatic nitrogens is 2. The number of rotatable bonds is 5. The average molecular weight is 485 g/mol. The van der Waals surface area contributed by atoms with E-state index in [1.165, 1.54) is 38.3 Å². The van der Waals surface area contributed by atoms with Gasteiger partial charge in [0.1, 0.15) is 17.1 Å². The van der Waals surface area contributed by atoms with Crippen molar-refractivity contribution in [3.05, 3.63) is 79.5 Å². The third kappa shape index (κ3) is 4.03. The number of H-pyrrole nitrogens is 1. The van der Waals surface area contributed by atoms with Crippen molar-refractivity contribution < 1.29 is 19.4 Å². The molecule has 2 N–H and O–H groups in total. The Morgan fingerprint density at radius 3 is 2.47 bits per heavy atom. The predicted molar refractivity (Wildman–Crippen MR) is 125 cm³/mol. The lowest BCUT2D eigenvalue weighted by Gasteiger charge is -2.22. The van der Waals surface area contributed by atoms with Crippen LogP contribution in [-0.2, 0) is 4.79 Å². The lowest BCUT2D eigenvalue weighted by atomic mass is 9.98. The van der Waals surface area contributed by atoms with Crippen molar-refractivity contribution >= 4 is 23.2 Å². The fraction of sp³-hybridized carbons (Fsp3) is 0.217. The molecule has 0 spiro atoms. The first-order valence-corrected chi connectivity index (χ1v) is 10.6. The van der Waals surface area contributed by atoms with Gasteiger partial charge in [-0.1, -0.05) is 11.6 Å². The number of nitrogens with zero attached hydrogens (tertiary/aromatic N) is 3. The Kier molecular flexibility index (Phi) is 6.16. The molecular formula is C23H21ClN4O6. The molecular weight excluding hydrogens is 464 g/mol. The van der Waals surface area contributed by atoms with Crippen LogP contribution < -0.4 is 20.7 Å². The molecule has 0 fully saturated rings. The van der Waals surface area contributed by atoms with Gasteiger partial charge in [-0.15, -0.1) is 0 Å². The van der Waals surface area contributed by atoms with Crippen molar-refractivity contribution in [3.8, 4) is 23.1 Å². The van der Waals surface area contributed by atoms with Crippen LogP contribution in [0.25, 0.3) is 5.69 Å². The van der Waals surface area contributed by atoms with Gasteiger partial charge in [0, 0.05) is 23.9 Å². The van der Waals surface area contributed by atoms with Crippen molar-refractivity contribution in [2.45, 2.75) is 19.4 Å². The lowest BCUT2D eigenvalue weighted by molar-refractivity contribution is -0.130. The van der Waals surface area contributed by atoms with E-state index in [2.05, 4.69) is 10.1 Å². The first-order chi connectivity index (χ1) is 16.2. The summed E-state index contributed by atoms with van der Waals surface area (Å²) < 4.78 is 11.7. The highest BCUT2D eigenvalue weighted by molar-refractivity contribution is 6.30. The summed E-state index contributed by atoms with van der Waals surface area (Å²) in [6.45, 7) is 1.34. The van der Waals surface area contributed by atoms with Gasteiger partial charge < -0.3 is 14.6 Å². The molecule has 11 heteroatoms. The van der Waals surface area contributed by atoms with E-state index in [4.69, 9.17) is 21.1 Å². The average Bonchev–Trinajstić information content (AvgIpc) is 3.24. The fourth-order valence-corrected chi connectivity index (χ4v) is 4.03. The Balaban J connectivity index is 1.85. The van der Waals surface area contributed by atoms with Gasteiger partial charge in [0.2, 0.25) is 11.8 Å². The van der Waals surface area contributed by atoms with Crippen LogP contribution in [0.1, 0.15) is 30.5 Å². The first-order valence-electron chi connectivity index (χ1n) is 10.2. The SMILES string of the molecule is COc1ccc(OC)c(C2CC(c3c(O)n(-c4ccc(Cl)cc4)c(=O)[nH]c3=O)=NN2C(C)=O)c1. The highest BCUT2D eigenvalue weighted by Gasteiger charge is 2.36. The van der Waals surface area contributed by atoms with E-state index in [1.807, 2.05) is 0 Å². The van der Waals surface area contributed by atoms with Gasteiger partial charge in [0.25, 0.3) is 5.56 Å². The zero-order chi connectivity index (χ0) is 24.6. The monoisotopic (exact) mass is 484 g/mol. The number of carbonyl (C=O) groups is 1. The van der Waals surface area contributed by atoms with E-state index in [-0.39, 0.29) is 29.3 Å². The Morgan fingerprint density at radius 1 is 1.15 bits per heavy atom. The van der Waals surface area contributed by atoms with Crippen LogP contribution in [-0.4, -0.2) is 45.5 Å². The summed E-state index contributed by atoms with van der Waals surface area (Å²) in [6.07, 6.45) is 0.0819. The smallest absolute Gasteiger partial charge is 0.335 e. The summed E-state index contributed by atoms with van der Waals surface area (Å²) in [5.41, 5.74) is -0.846. The van der Waals surface area contributed by atoms with Crippen molar-refractivity contribution in [1.82, 2.24) is 14.6 Å². The molecule has 1 unspecified atom stereocenters. The number of aromatic hydroxyl groups is 1. The Morgan fingerprint density at radius 2 is 1.85 bits per heavy atom. The molecule has 0 saturated carbocycles. The van der Waals surface area contributed by atoms with Crippen molar-refractivity contribution in [2.75, 3.05) is 14.2 Å². The quantitative estimate of drug-likeness (QED) is 0.573. The van der Waals surface area contributed by atoms with Crippen LogP contribution in [0.2, 0.25) is 5.02 Å². The summed E-state index contributed by atoms with van der Waals surface area (Å²) in [7, 11) is 3.02. The number of nitrogens with one attached hydrogen (secondary N) is 1. The molecule has 34 heavy (non-hydrogen) atoms. The standard InChI is InChI=1S/C23H21ClN4O6/c1-12(29)28-18(16-10-15(33-2)8-9-19(16)34-3)11-17(26-28)20-21(30)25-23(32)27(22(20)31)14-6-4-13(24)5-7-14/h4-10,18,31H,11H2,1-3H3,(H,25,30,32). The summed E-state index contributed by atoms with van der Waals surface area (Å²) in [5, 5.41) is 17.0. The molecule has 2 heterocycles. The number of hydrogen-bond donors (Lipinski definition) is 2. The van der Waals surface area contributed by atoms with Crippen molar-refractivity contribution in [3.63, 3.8) is 0 Å². The van der Waals surface area contributed by atoms with Gasteiger partial charge >= 0.3 is 5.69 Å². The van der Waals surface area contributed by atoms with Gasteiger partial charge in [-0.2, -0.15) is 5.10 Å². The molecule has 176 valence electrons. The van der Waals surface area contributed by atoms with Crippen LogP contribution in [0.15, 0.2) is 57.2 Å². The minimum atomic E-state index is -0.832. The van der Waals surface area contributed by atoms with Crippen molar-refractivity contribution in [2.24, 2.45) is 5.10 Å². The summed E-state index contributed by atoms with van der Waals surface area (Å²) in [6, 6.07) is 10.6. The molecule has 1 aliphatic rings. The number of hydrogen-bond acceptors (Lipinski definition) is 7. The number of hydrazone groups is 1. The van der Waals surface area contributed by atoms with Crippen LogP contribution >= 0.6 is 11.6 Å². The topological polar surface area (TPSA) is 126 Å². The summed E-state index contributed by atoms with van der Waals surface area (Å²) in [4.78, 5) is 39.9. The number of ether oxygens (including phenoxy) is 2. The highest BCUT2D eigenvalue weighted by atomic mass is 35.5. The zero-order valence-electron chi connectivity index (χ0n) is 18.5. The molecule has 1 amide bonds. The van der Waals surface area contributed by atoms with E-state index in [9.17, 15) is 19.5 Å². The van der Waals surface area contributed by atoms with Gasteiger partial charge in [-0.25, -0.2) is 14.4 Å². The van der Waals surface area contributed by atoms with Crippen molar-refractivity contribution in [1.29, 1.82) is 0 Å². The predicted octanol–water partition coefficient (Wildman–Crippen LogP) is 2.60. The molecule has 0 aliphatic carbocycles. The third-order valence-electron chi connectivity index (χ3n) is 5.49. The van der Waals surface area contributed by atoms with Crippen LogP contribution in [0.3, 0.4) is 0 Å². The van der Waals surface area contributed by atoms with Gasteiger partial charge in [-0.3, -0.25) is 14.6 Å². The normalized spacial score (nSPS) is 15.2. The van der Waals surface area contributed by atoms with E-state index in [1.54, 1.807) is 30.3 Å². The maximum Gasteiger partial charge on any atom is 0.335 e. The van der Waals surface area contributed by atoms with Crippen LogP contribution in [0.4, 0.5) is 0 Å². The van der Waals surface area contributed by atoms with Gasteiger partial charge in [0.05, 0.1) is 31.7 Å². The van der Waals surface area contributed by atoms with E-state index in [0.717, 1.165) is 4.57 Å². The fourth-order valence-electron chi connectivity index (χ4n) is 3.91.